The minimum atomic E-state index is -0.129. The van der Waals surface area contributed by atoms with E-state index in [1.54, 1.807) is 6.20 Å². The Kier molecular flexibility index (Phi) is 4.63. The van der Waals surface area contributed by atoms with Gasteiger partial charge in [0.2, 0.25) is 0 Å². The first-order valence-corrected chi connectivity index (χ1v) is 9.40. The highest BCUT2D eigenvalue weighted by molar-refractivity contribution is 6.08. The molecular weight excluding hydrogens is 334 g/mol. The quantitative estimate of drug-likeness (QED) is 0.716. The number of carbonyl (C=O) groups excluding carboxylic acids is 1. The Labute approximate surface area is 159 Å². The number of benzene rings is 2. The number of pyridine rings is 1. The summed E-state index contributed by atoms with van der Waals surface area (Å²) in [5.41, 5.74) is 4.99. The van der Waals surface area contributed by atoms with E-state index in [0.717, 1.165) is 29.8 Å². The number of carbonyl (C=O) groups is 1. The third-order valence-corrected chi connectivity index (χ3v) is 5.11. The number of fused-ring (bicyclic) bond motifs is 1. The number of aromatic nitrogens is 1. The Morgan fingerprint density at radius 3 is 2.74 bits per heavy atom. The molecule has 136 valence electrons. The van der Waals surface area contributed by atoms with Crippen LogP contribution in [0.1, 0.15) is 35.3 Å². The minimum absolute atomic E-state index is 0.129. The summed E-state index contributed by atoms with van der Waals surface area (Å²) >= 11 is 0. The number of nitrogens with one attached hydrogen (secondary N) is 1. The minimum Gasteiger partial charge on any atom is -0.322 e. The molecule has 1 N–H and O–H groups in total. The molecule has 4 nitrogen and oxygen atoms in total. The SMILES string of the molecule is CCc1ccccc1NC(=O)c1cccnc1N1c2ccccc2CC1C. The Morgan fingerprint density at radius 1 is 1.11 bits per heavy atom. The van der Waals surface area contributed by atoms with Crippen molar-refractivity contribution >= 4 is 23.1 Å². The van der Waals surface area contributed by atoms with Crippen LogP contribution in [0.15, 0.2) is 66.9 Å². The fourth-order valence-electron chi connectivity index (χ4n) is 3.79. The zero-order valence-corrected chi connectivity index (χ0v) is 15.6. The number of amides is 1. The van der Waals surface area contributed by atoms with E-state index in [0.29, 0.717) is 11.4 Å². The number of para-hydroxylation sites is 2. The molecule has 0 bridgehead atoms. The topological polar surface area (TPSA) is 45.2 Å². The molecule has 1 amide bonds. The molecule has 1 aromatic heterocycles. The molecule has 1 unspecified atom stereocenters. The Balaban J connectivity index is 1.71. The van der Waals surface area contributed by atoms with Gasteiger partial charge in [-0.05, 0) is 55.2 Å². The highest BCUT2D eigenvalue weighted by atomic mass is 16.1. The second-order valence-corrected chi connectivity index (χ2v) is 6.89. The number of hydrogen-bond donors (Lipinski definition) is 1. The lowest BCUT2D eigenvalue weighted by atomic mass is 10.1. The highest BCUT2D eigenvalue weighted by Crippen LogP contribution is 2.38. The van der Waals surface area contributed by atoms with Gasteiger partial charge in [-0.15, -0.1) is 0 Å². The smallest absolute Gasteiger partial charge is 0.259 e. The molecule has 1 aliphatic heterocycles. The lowest BCUT2D eigenvalue weighted by Gasteiger charge is -2.25. The van der Waals surface area contributed by atoms with Crippen molar-refractivity contribution in [3.8, 4) is 0 Å². The van der Waals surface area contributed by atoms with Crippen LogP contribution in [0.3, 0.4) is 0 Å². The zero-order chi connectivity index (χ0) is 18.8. The summed E-state index contributed by atoms with van der Waals surface area (Å²) in [5, 5.41) is 3.07. The van der Waals surface area contributed by atoms with Crippen LogP contribution in [0.4, 0.5) is 17.2 Å². The monoisotopic (exact) mass is 357 g/mol. The van der Waals surface area contributed by atoms with Crippen molar-refractivity contribution in [2.45, 2.75) is 32.7 Å². The Hall–Kier alpha value is -3.14. The molecule has 0 saturated carbocycles. The molecule has 4 rings (SSSR count). The first-order valence-electron chi connectivity index (χ1n) is 9.40. The van der Waals surface area contributed by atoms with E-state index in [1.807, 2.05) is 42.5 Å². The van der Waals surface area contributed by atoms with Crippen LogP contribution in [-0.2, 0) is 12.8 Å². The van der Waals surface area contributed by atoms with Gasteiger partial charge >= 0.3 is 0 Å². The maximum atomic E-state index is 13.1. The van der Waals surface area contributed by atoms with Crippen LogP contribution in [0.2, 0.25) is 0 Å². The van der Waals surface area contributed by atoms with Crippen molar-refractivity contribution < 1.29 is 4.79 Å². The van der Waals surface area contributed by atoms with E-state index in [-0.39, 0.29) is 11.9 Å². The second-order valence-electron chi connectivity index (χ2n) is 6.89. The summed E-state index contributed by atoms with van der Waals surface area (Å²) in [6, 6.07) is 20.2. The zero-order valence-electron chi connectivity index (χ0n) is 15.6. The summed E-state index contributed by atoms with van der Waals surface area (Å²) in [5.74, 6) is 0.581. The van der Waals surface area contributed by atoms with Gasteiger partial charge in [0.1, 0.15) is 5.82 Å². The molecule has 1 aliphatic rings. The van der Waals surface area contributed by atoms with E-state index in [1.165, 1.54) is 5.56 Å². The molecule has 1 atom stereocenters. The average molecular weight is 357 g/mol. The van der Waals surface area contributed by atoms with Gasteiger partial charge in [-0.3, -0.25) is 4.79 Å². The van der Waals surface area contributed by atoms with Crippen molar-refractivity contribution in [3.63, 3.8) is 0 Å². The lowest BCUT2D eigenvalue weighted by molar-refractivity contribution is 0.102. The predicted octanol–water partition coefficient (Wildman–Crippen LogP) is 4.98. The lowest BCUT2D eigenvalue weighted by Crippen LogP contribution is -2.28. The Morgan fingerprint density at radius 2 is 1.89 bits per heavy atom. The number of aryl methyl sites for hydroxylation is 1. The summed E-state index contributed by atoms with van der Waals surface area (Å²) in [6.45, 7) is 4.26. The van der Waals surface area contributed by atoms with E-state index >= 15 is 0 Å². The van der Waals surface area contributed by atoms with Crippen molar-refractivity contribution in [2.75, 3.05) is 10.2 Å². The van der Waals surface area contributed by atoms with Gasteiger partial charge in [-0.25, -0.2) is 4.98 Å². The molecular formula is C23H23N3O. The van der Waals surface area contributed by atoms with Crippen molar-refractivity contribution in [3.05, 3.63) is 83.6 Å². The van der Waals surface area contributed by atoms with Crippen LogP contribution in [0.5, 0.6) is 0 Å². The maximum absolute atomic E-state index is 13.1. The van der Waals surface area contributed by atoms with Gasteiger partial charge in [-0.2, -0.15) is 0 Å². The van der Waals surface area contributed by atoms with E-state index in [9.17, 15) is 4.79 Å². The molecule has 2 aromatic carbocycles. The van der Waals surface area contributed by atoms with E-state index in [2.05, 4.69) is 47.2 Å². The number of rotatable bonds is 4. The summed E-state index contributed by atoms with van der Waals surface area (Å²) < 4.78 is 0. The first-order chi connectivity index (χ1) is 13.2. The largest absolute Gasteiger partial charge is 0.322 e. The van der Waals surface area contributed by atoms with Crippen molar-refractivity contribution in [1.29, 1.82) is 0 Å². The van der Waals surface area contributed by atoms with Crippen LogP contribution in [0.25, 0.3) is 0 Å². The van der Waals surface area contributed by atoms with E-state index < -0.39 is 0 Å². The third kappa shape index (κ3) is 3.19. The number of anilines is 3. The highest BCUT2D eigenvalue weighted by Gasteiger charge is 2.30. The third-order valence-electron chi connectivity index (χ3n) is 5.11. The van der Waals surface area contributed by atoms with Crippen LogP contribution < -0.4 is 10.2 Å². The molecule has 0 aliphatic carbocycles. The van der Waals surface area contributed by atoms with Gasteiger partial charge < -0.3 is 10.2 Å². The van der Waals surface area contributed by atoms with E-state index in [4.69, 9.17) is 0 Å². The molecule has 0 radical (unpaired) electrons. The molecule has 0 spiro atoms. The van der Waals surface area contributed by atoms with Gasteiger partial charge in [-0.1, -0.05) is 43.3 Å². The molecule has 0 fully saturated rings. The fraction of sp³-hybridized carbons (Fsp3) is 0.217. The normalized spacial score (nSPS) is 15.5. The van der Waals surface area contributed by atoms with Crippen molar-refractivity contribution in [1.82, 2.24) is 4.98 Å². The fourth-order valence-corrected chi connectivity index (χ4v) is 3.79. The number of hydrogen-bond acceptors (Lipinski definition) is 3. The van der Waals surface area contributed by atoms with Crippen LogP contribution in [0, 0.1) is 0 Å². The summed E-state index contributed by atoms with van der Waals surface area (Å²) in [7, 11) is 0. The number of nitrogens with zero attached hydrogens (tertiary/aromatic N) is 2. The molecule has 4 heteroatoms. The molecule has 27 heavy (non-hydrogen) atoms. The van der Waals surface area contributed by atoms with Gasteiger partial charge in [0.05, 0.1) is 5.56 Å². The van der Waals surface area contributed by atoms with Gasteiger partial charge in [0.15, 0.2) is 0 Å². The predicted molar refractivity (Wildman–Crippen MR) is 110 cm³/mol. The summed E-state index contributed by atoms with van der Waals surface area (Å²) in [6.07, 6.45) is 3.57. The molecule has 3 aromatic rings. The molecule has 2 heterocycles. The van der Waals surface area contributed by atoms with Crippen LogP contribution >= 0.6 is 0 Å². The van der Waals surface area contributed by atoms with Gasteiger partial charge in [0, 0.05) is 23.6 Å². The molecule has 0 saturated heterocycles. The standard InChI is InChI=1S/C23H23N3O/c1-3-17-9-4-6-12-20(17)25-23(27)19-11-8-14-24-22(19)26-16(2)15-18-10-5-7-13-21(18)26/h4-14,16H,3,15H2,1-2H3,(H,25,27). The maximum Gasteiger partial charge on any atom is 0.259 e. The Bertz CT molecular complexity index is 983. The first kappa shape index (κ1) is 17.3. The second kappa shape index (κ2) is 7.23. The average Bonchev–Trinajstić information content (AvgIpc) is 3.04. The van der Waals surface area contributed by atoms with Crippen molar-refractivity contribution in [2.24, 2.45) is 0 Å². The van der Waals surface area contributed by atoms with Crippen LogP contribution in [-0.4, -0.2) is 16.9 Å². The van der Waals surface area contributed by atoms with Gasteiger partial charge in [0.25, 0.3) is 5.91 Å². The summed E-state index contributed by atoms with van der Waals surface area (Å²) in [4.78, 5) is 19.9.